The Bertz CT molecular complexity index is 984. The highest BCUT2D eigenvalue weighted by molar-refractivity contribution is 6.00. The summed E-state index contributed by atoms with van der Waals surface area (Å²) in [5, 5.41) is 11.6. The highest BCUT2D eigenvalue weighted by Crippen LogP contribution is 2.15. The quantitative estimate of drug-likeness (QED) is 0.515. The van der Waals surface area contributed by atoms with Gasteiger partial charge in [0.05, 0.1) is 6.54 Å². The molecule has 3 amide bonds. The maximum atomic E-state index is 12.3. The third-order valence-corrected chi connectivity index (χ3v) is 3.65. The van der Waals surface area contributed by atoms with Crippen LogP contribution >= 0.6 is 0 Å². The SMILES string of the molecule is NC(=O)c1cccc(NC(=O)CNC(=O)c2cccc(-c3ncn[nH]3)c2)c1. The predicted octanol–water partition coefficient (Wildman–Crippen LogP) is 0.939. The minimum Gasteiger partial charge on any atom is -0.366 e. The number of nitrogens with two attached hydrogens (primary N) is 1. The van der Waals surface area contributed by atoms with Gasteiger partial charge in [0.25, 0.3) is 5.91 Å². The Morgan fingerprint density at radius 2 is 1.81 bits per heavy atom. The van der Waals surface area contributed by atoms with Crippen molar-refractivity contribution in [3.05, 3.63) is 66.0 Å². The smallest absolute Gasteiger partial charge is 0.251 e. The average Bonchev–Trinajstić information content (AvgIpc) is 3.21. The standard InChI is InChI=1S/C18H16N6O3/c19-16(26)11-3-2-6-14(8-11)23-15(25)9-20-18(27)13-5-1-4-12(7-13)17-21-10-22-24-17/h1-8,10H,9H2,(H2,19,26)(H,20,27)(H,23,25)(H,21,22,24). The summed E-state index contributed by atoms with van der Waals surface area (Å²) in [6, 6.07) is 13.0. The predicted molar refractivity (Wildman–Crippen MR) is 97.7 cm³/mol. The molecule has 5 N–H and O–H groups in total. The number of carbonyl (C=O) groups is 3. The van der Waals surface area contributed by atoms with Crippen LogP contribution in [0, 0.1) is 0 Å². The third-order valence-electron chi connectivity index (χ3n) is 3.65. The molecule has 0 aliphatic heterocycles. The molecule has 0 atom stereocenters. The summed E-state index contributed by atoms with van der Waals surface area (Å²) in [5.74, 6) is -0.892. The molecule has 1 heterocycles. The highest BCUT2D eigenvalue weighted by Gasteiger charge is 2.11. The van der Waals surface area contributed by atoms with E-state index in [1.165, 1.54) is 12.4 Å². The van der Waals surface area contributed by atoms with Gasteiger partial charge in [0.15, 0.2) is 5.82 Å². The topological polar surface area (TPSA) is 143 Å². The first-order valence-corrected chi connectivity index (χ1v) is 7.96. The summed E-state index contributed by atoms with van der Waals surface area (Å²) in [6.07, 6.45) is 1.37. The largest absolute Gasteiger partial charge is 0.366 e. The Kier molecular flexibility index (Phi) is 5.22. The number of aromatic amines is 1. The minimum atomic E-state index is -0.592. The van der Waals surface area contributed by atoms with Crippen molar-refractivity contribution in [2.24, 2.45) is 5.73 Å². The molecule has 0 aliphatic rings. The zero-order chi connectivity index (χ0) is 19.2. The first-order chi connectivity index (χ1) is 13.0. The number of primary amides is 1. The van der Waals surface area contributed by atoms with E-state index in [1.807, 2.05) is 0 Å². The van der Waals surface area contributed by atoms with E-state index in [-0.39, 0.29) is 12.1 Å². The van der Waals surface area contributed by atoms with E-state index in [0.717, 1.165) is 0 Å². The van der Waals surface area contributed by atoms with Crippen LogP contribution in [0.5, 0.6) is 0 Å². The van der Waals surface area contributed by atoms with Crippen molar-refractivity contribution in [1.29, 1.82) is 0 Å². The van der Waals surface area contributed by atoms with Crippen molar-refractivity contribution in [3.8, 4) is 11.4 Å². The zero-order valence-corrected chi connectivity index (χ0v) is 14.1. The van der Waals surface area contributed by atoms with Crippen LogP contribution in [-0.4, -0.2) is 39.4 Å². The molecule has 2 aromatic carbocycles. The van der Waals surface area contributed by atoms with Crippen LogP contribution in [0.25, 0.3) is 11.4 Å². The number of hydrogen-bond donors (Lipinski definition) is 4. The number of benzene rings is 2. The first kappa shape index (κ1) is 17.8. The number of nitrogens with one attached hydrogen (secondary N) is 3. The van der Waals surface area contributed by atoms with Gasteiger partial charge in [0.2, 0.25) is 11.8 Å². The molecule has 136 valence electrons. The lowest BCUT2D eigenvalue weighted by molar-refractivity contribution is -0.115. The number of anilines is 1. The van der Waals surface area contributed by atoms with Crippen LogP contribution in [0.2, 0.25) is 0 Å². The molecule has 1 aromatic heterocycles. The first-order valence-electron chi connectivity index (χ1n) is 7.96. The Morgan fingerprint density at radius 3 is 2.56 bits per heavy atom. The van der Waals surface area contributed by atoms with Gasteiger partial charge in [-0.05, 0) is 30.3 Å². The number of nitrogens with zero attached hydrogens (tertiary/aromatic N) is 2. The number of rotatable bonds is 6. The van der Waals surface area contributed by atoms with E-state index in [4.69, 9.17) is 5.73 Å². The monoisotopic (exact) mass is 364 g/mol. The molecule has 0 bridgehead atoms. The van der Waals surface area contributed by atoms with E-state index in [1.54, 1.807) is 42.5 Å². The molecule has 0 aliphatic carbocycles. The molecular formula is C18H16N6O3. The van der Waals surface area contributed by atoms with Crippen molar-refractivity contribution >= 4 is 23.4 Å². The summed E-state index contributed by atoms with van der Waals surface area (Å²) < 4.78 is 0. The van der Waals surface area contributed by atoms with Gasteiger partial charge >= 0.3 is 0 Å². The van der Waals surface area contributed by atoms with Crippen molar-refractivity contribution in [1.82, 2.24) is 20.5 Å². The number of H-pyrrole nitrogens is 1. The summed E-state index contributed by atoms with van der Waals surface area (Å²) >= 11 is 0. The summed E-state index contributed by atoms with van der Waals surface area (Å²) in [4.78, 5) is 39.5. The van der Waals surface area contributed by atoms with Gasteiger partial charge in [-0.25, -0.2) is 4.98 Å². The zero-order valence-electron chi connectivity index (χ0n) is 14.1. The molecule has 9 heteroatoms. The second kappa shape index (κ2) is 7.91. The van der Waals surface area contributed by atoms with Gasteiger partial charge in [-0.3, -0.25) is 19.5 Å². The molecule has 3 aromatic rings. The molecule has 0 saturated heterocycles. The van der Waals surface area contributed by atoms with Gasteiger partial charge in [-0.2, -0.15) is 5.10 Å². The second-order valence-corrected chi connectivity index (χ2v) is 5.59. The molecule has 0 saturated carbocycles. The van der Waals surface area contributed by atoms with Crippen LogP contribution in [0.1, 0.15) is 20.7 Å². The second-order valence-electron chi connectivity index (χ2n) is 5.59. The van der Waals surface area contributed by atoms with E-state index in [9.17, 15) is 14.4 Å². The van der Waals surface area contributed by atoms with Crippen LogP contribution < -0.4 is 16.4 Å². The van der Waals surface area contributed by atoms with Crippen LogP contribution in [0.4, 0.5) is 5.69 Å². The Morgan fingerprint density at radius 1 is 1.04 bits per heavy atom. The summed E-state index contributed by atoms with van der Waals surface area (Å²) in [7, 11) is 0. The van der Waals surface area contributed by atoms with Gasteiger partial charge in [0, 0.05) is 22.4 Å². The Balaban J connectivity index is 1.59. The Labute approximate surface area is 154 Å². The van der Waals surface area contributed by atoms with E-state index < -0.39 is 17.7 Å². The number of hydrogen-bond acceptors (Lipinski definition) is 5. The maximum absolute atomic E-state index is 12.3. The number of amides is 3. The molecule has 0 spiro atoms. The lowest BCUT2D eigenvalue weighted by Gasteiger charge is -2.08. The molecule has 27 heavy (non-hydrogen) atoms. The molecule has 0 unspecified atom stereocenters. The fourth-order valence-corrected chi connectivity index (χ4v) is 2.37. The summed E-state index contributed by atoms with van der Waals surface area (Å²) in [5.41, 5.74) is 6.98. The van der Waals surface area contributed by atoms with Gasteiger partial charge in [-0.1, -0.05) is 18.2 Å². The van der Waals surface area contributed by atoms with Gasteiger partial charge < -0.3 is 16.4 Å². The van der Waals surface area contributed by atoms with Crippen LogP contribution in [-0.2, 0) is 4.79 Å². The molecule has 0 fully saturated rings. The molecular weight excluding hydrogens is 348 g/mol. The fraction of sp³-hybridized carbons (Fsp3) is 0.0556. The van der Waals surface area contributed by atoms with Crippen molar-refractivity contribution in [3.63, 3.8) is 0 Å². The summed E-state index contributed by atoms with van der Waals surface area (Å²) in [6.45, 7) is -0.230. The van der Waals surface area contributed by atoms with E-state index in [0.29, 0.717) is 22.6 Å². The minimum absolute atomic E-state index is 0.230. The normalized spacial score (nSPS) is 10.2. The van der Waals surface area contributed by atoms with Crippen molar-refractivity contribution < 1.29 is 14.4 Å². The molecule has 0 radical (unpaired) electrons. The molecule has 9 nitrogen and oxygen atoms in total. The lowest BCUT2D eigenvalue weighted by atomic mass is 10.1. The van der Waals surface area contributed by atoms with E-state index >= 15 is 0 Å². The fourth-order valence-electron chi connectivity index (χ4n) is 2.37. The van der Waals surface area contributed by atoms with Gasteiger partial charge in [0.1, 0.15) is 6.33 Å². The molecule has 3 rings (SSSR count). The van der Waals surface area contributed by atoms with Crippen molar-refractivity contribution in [2.45, 2.75) is 0 Å². The Hall–Kier alpha value is -4.01. The number of aromatic nitrogens is 3. The van der Waals surface area contributed by atoms with Crippen LogP contribution in [0.15, 0.2) is 54.9 Å². The van der Waals surface area contributed by atoms with Crippen LogP contribution in [0.3, 0.4) is 0 Å². The highest BCUT2D eigenvalue weighted by atomic mass is 16.2. The third kappa shape index (κ3) is 4.54. The number of carbonyl (C=O) groups excluding carboxylic acids is 3. The lowest BCUT2D eigenvalue weighted by Crippen LogP contribution is -2.32. The average molecular weight is 364 g/mol. The van der Waals surface area contributed by atoms with Crippen molar-refractivity contribution in [2.75, 3.05) is 11.9 Å². The van der Waals surface area contributed by atoms with E-state index in [2.05, 4.69) is 25.8 Å². The maximum Gasteiger partial charge on any atom is 0.251 e. The van der Waals surface area contributed by atoms with Gasteiger partial charge in [-0.15, -0.1) is 0 Å².